The zero-order chi connectivity index (χ0) is 17.9. The van der Waals surface area contributed by atoms with Gasteiger partial charge < -0.3 is 19.5 Å². The number of carbonyl (C=O) groups excluding carboxylic acids is 1. The van der Waals surface area contributed by atoms with E-state index in [4.69, 9.17) is 14.2 Å². The molecule has 26 heavy (non-hydrogen) atoms. The van der Waals surface area contributed by atoms with Crippen LogP contribution in [-0.2, 0) is 14.2 Å². The smallest absolute Gasteiger partial charge is 0.407 e. The SMILES string of the molecule is COC1OCCCC1NC(=O)OCC1c2ccccc2-c2ccccc21. The van der Waals surface area contributed by atoms with Gasteiger partial charge in [-0.05, 0) is 35.1 Å². The molecule has 0 radical (unpaired) electrons. The van der Waals surface area contributed by atoms with Crippen molar-refractivity contribution >= 4 is 6.09 Å². The van der Waals surface area contributed by atoms with Crippen molar-refractivity contribution in [3.05, 3.63) is 59.7 Å². The number of benzene rings is 2. The Kier molecular flexibility index (Phi) is 4.91. The summed E-state index contributed by atoms with van der Waals surface area (Å²) in [5, 5.41) is 2.88. The second-order valence-corrected chi connectivity index (χ2v) is 6.69. The van der Waals surface area contributed by atoms with E-state index < -0.39 is 12.4 Å². The van der Waals surface area contributed by atoms with Crippen molar-refractivity contribution in [2.24, 2.45) is 0 Å². The number of amides is 1. The van der Waals surface area contributed by atoms with Crippen LogP contribution in [0.4, 0.5) is 4.79 Å². The fraction of sp³-hybridized carbons (Fsp3) is 0.381. The summed E-state index contributed by atoms with van der Waals surface area (Å²) in [6.45, 7) is 0.965. The van der Waals surface area contributed by atoms with Crippen LogP contribution in [0.5, 0.6) is 0 Å². The summed E-state index contributed by atoms with van der Waals surface area (Å²) >= 11 is 0. The number of methoxy groups -OCH3 is 1. The van der Waals surface area contributed by atoms with Crippen molar-refractivity contribution in [1.82, 2.24) is 5.32 Å². The molecule has 0 spiro atoms. The summed E-state index contributed by atoms with van der Waals surface area (Å²) in [6.07, 6.45) is 0.880. The Balaban J connectivity index is 1.44. The Morgan fingerprint density at radius 2 is 1.77 bits per heavy atom. The van der Waals surface area contributed by atoms with Crippen LogP contribution in [0.15, 0.2) is 48.5 Å². The third-order valence-corrected chi connectivity index (χ3v) is 5.15. The molecule has 1 N–H and O–H groups in total. The lowest BCUT2D eigenvalue weighted by Gasteiger charge is -2.30. The fourth-order valence-corrected chi connectivity index (χ4v) is 3.92. The first-order valence-electron chi connectivity index (χ1n) is 9.04. The summed E-state index contributed by atoms with van der Waals surface area (Å²) < 4.78 is 16.4. The standard InChI is InChI=1S/C21H23NO4/c1-24-20-19(11-6-12-25-20)22-21(23)26-13-18-16-9-4-2-7-14(16)15-8-3-5-10-17(15)18/h2-5,7-10,18-20H,6,11-13H2,1H3,(H,22,23). The fourth-order valence-electron chi connectivity index (χ4n) is 3.92. The third kappa shape index (κ3) is 3.20. The lowest BCUT2D eigenvalue weighted by atomic mass is 9.98. The first-order chi connectivity index (χ1) is 12.8. The van der Waals surface area contributed by atoms with E-state index in [9.17, 15) is 4.79 Å². The van der Waals surface area contributed by atoms with Crippen LogP contribution in [0.2, 0.25) is 0 Å². The number of hydrogen-bond acceptors (Lipinski definition) is 4. The molecule has 1 fully saturated rings. The summed E-state index contributed by atoms with van der Waals surface area (Å²) in [5.41, 5.74) is 4.85. The molecular formula is C21H23NO4. The molecule has 5 heteroatoms. The molecule has 2 aliphatic rings. The second kappa shape index (κ2) is 7.48. The lowest BCUT2D eigenvalue weighted by Crippen LogP contribution is -2.48. The Morgan fingerprint density at radius 3 is 2.42 bits per heavy atom. The molecule has 1 aliphatic carbocycles. The lowest BCUT2D eigenvalue weighted by molar-refractivity contribution is -0.160. The monoisotopic (exact) mass is 353 g/mol. The first-order valence-corrected chi connectivity index (χ1v) is 9.04. The third-order valence-electron chi connectivity index (χ3n) is 5.15. The maximum atomic E-state index is 12.3. The molecule has 2 aromatic rings. The van der Waals surface area contributed by atoms with E-state index in [1.54, 1.807) is 7.11 Å². The van der Waals surface area contributed by atoms with E-state index in [2.05, 4.69) is 29.6 Å². The van der Waals surface area contributed by atoms with Gasteiger partial charge in [-0.25, -0.2) is 4.79 Å². The van der Waals surface area contributed by atoms with Gasteiger partial charge in [-0.15, -0.1) is 0 Å². The molecule has 2 unspecified atom stereocenters. The summed E-state index contributed by atoms with van der Waals surface area (Å²) in [7, 11) is 1.59. The highest BCUT2D eigenvalue weighted by molar-refractivity contribution is 5.79. The highest BCUT2D eigenvalue weighted by Gasteiger charge is 2.31. The molecule has 4 rings (SSSR count). The van der Waals surface area contributed by atoms with Gasteiger partial charge in [0.25, 0.3) is 0 Å². The molecule has 136 valence electrons. The van der Waals surface area contributed by atoms with Gasteiger partial charge in [-0.2, -0.15) is 0 Å². The average Bonchev–Trinajstić information content (AvgIpc) is 3.01. The zero-order valence-electron chi connectivity index (χ0n) is 14.8. The van der Waals surface area contributed by atoms with Crippen molar-refractivity contribution in [2.75, 3.05) is 20.3 Å². The minimum absolute atomic E-state index is 0.0639. The maximum Gasteiger partial charge on any atom is 0.407 e. The normalized spacial score (nSPS) is 21.7. The molecule has 0 saturated carbocycles. The molecule has 1 amide bonds. The van der Waals surface area contributed by atoms with Crippen LogP contribution in [0, 0.1) is 0 Å². The number of fused-ring (bicyclic) bond motifs is 3. The van der Waals surface area contributed by atoms with Crippen LogP contribution >= 0.6 is 0 Å². The minimum atomic E-state index is -0.426. The van der Waals surface area contributed by atoms with E-state index in [0.29, 0.717) is 13.2 Å². The number of nitrogens with one attached hydrogen (secondary N) is 1. The van der Waals surface area contributed by atoms with E-state index in [0.717, 1.165) is 12.8 Å². The van der Waals surface area contributed by atoms with Gasteiger partial charge in [0.15, 0.2) is 6.29 Å². The van der Waals surface area contributed by atoms with Gasteiger partial charge in [-0.1, -0.05) is 48.5 Å². The van der Waals surface area contributed by atoms with Gasteiger partial charge in [-0.3, -0.25) is 0 Å². The Labute approximate surface area is 153 Å². The van der Waals surface area contributed by atoms with Crippen molar-refractivity contribution < 1.29 is 19.0 Å². The predicted octanol–water partition coefficient (Wildman–Crippen LogP) is 3.68. The topological polar surface area (TPSA) is 56.8 Å². The summed E-state index contributed by atoms with van der Waals surface area (Å²) in [4.78, 5) is 12.3. The predicted molar refractivity (Wildman–Crippen MR) is 98.0 cm³/mol. The molecule has 1 aliphatic heterocycles. The van der Waals surface area contributed by atoms with Crippen molar-refractivity contribution in [3.63, 3.8) is 0 Å². The quantitative estimate of drug-likeness (QED) is 0.911. The Bertz CT molecular complexity index is 746. The summed E-state index contributed by atoms with van der Waals surface area (Å²) in [5.74, 6) is 0.0639. The highest BCUT2D eigenvalue weighted by Crippen LogP contribution is 2.44. The molecule has 5 nitrogen and oxygen atoms in total. The number of ether oxygens (including phenoxy) is 3. The summed E-state index contributed by atoms with van der Waals surface area (Å²) in [6, 6.07) is 16.4. The van der Waals surface area contributed by atoms with E-state index in [1.807, 2.05) is 24.3 Å². The number of hydrogen-bond donors (Lipinski definition) is 1. The highest BCUT2D eigenvalue weighted by atomic mass is 16.7. The van der Waals surface area contributed by atoms with Gasteiger partial charge in [0.2, 0.25) is 0 Å². The van der Waals surface area contributed by atoms with Gasteiger partial charge in [0.1, 0.15) is 6.61 Å². The first kappa shape index (κ1) is 17.1. The number of carbonyl (C=O) groups is 1. The van der Waals surface area contributed by atoms with E-state index in [1.165, 1.54) is 22.3 Å². The second-order valence-electron chi connectivity index (χ2n) is 6.69. The molecule has 2 aromatic carbocycles. The van der Waals surface area contributed by atoms with Crippen molar-refractivity contribution in [1.29, 1.82) is 0 Å². The zero-order valence-corrected chi connectivity index (χ0v) is 14.8. The van der Waals surface area contributed by atoms with Crippen LogP contribution in [0.1, 0.15) is 29.9 Å². The Hall–Kier alpha value is -2.37. The molecule has 1 heterocycles. The minimum Gasteiger partial charge on any atom is -0.449 e. The average molecular weight is 353 g/mol. The van der Waals surface area contributed by atoms with Crippen LogP contribution in [0.3, 0.4) is 0 Å². The van der Waals surface area contributed by atoms with Crippen molar-refractivity contribution in [3.8, 4) is 11.1 Å². The van der Waals surface area contributed by atoms with Gasteiger partial charge >= 0.3 is 6.09 Å². The van der Waals surface area contributed by atoms with Crippen LogP contribution in [0.25, 0.3) is 11.1 Å². The number of alkyl carbamates (subject to hydrolysis) is 1. The molecule has 0 bridgehead atoms. The Morgan fingerprint density at radius 1 is 1.12 bits per heavy atom. The maximum absolute atomic E-state index is 12.3. The van der Waals surface area contributed by atoms with Crippen LogP contribution in [-0.4, -0.2) is 38.7 Å². The van der Waals surface area contributed by atoms with Crippen molar-refractivity contribution in [2.45, 2.75) is 31.1 Å². The molecular weight excluding hydrogens is 330 g/mol. The largest absolute Gasteiger partial charge is 0.449 e. The molecule has 2 atom stereocenters. The van der Waals surface area contributed by atoms with E-state index >= 15 is 0 Å². The molecule has 0 aromatic heterocycles. The van der Waals surface area contributed by atoms with Gasteiger partial charge in [0, 0.05) is 19.6 Å². The molecule has 1 saturated heterocycles. The van der Waals surface area contributed by atoms with Crippen LogP contribution < -0.4 is 5.32 Å². The van der Waals surface area contributed by atoms with E-state index in [-0.39, 0.29) is 12.0 Å². The number of rotatable bonds is 4. The van der Waals surface area contributed by atoms with Gasteiger partial charge in [0.05, 0.1) is 6.04 Å².